The van der Waals surface area contributed by atoms with Crippen LogP contribution < -0.4 is 15.9 Å². The van der Waals surface area contributed by atoms with Crippen LogP contribution in [-0.4, -0.2) is 48.0 Å². The number of nitriles is 1. The molecule has 1 aliphatic rings. The van der Waals surface area contributed by atoms with Gasteiger partial charge in [0.05, 0.1) is 29.9 Å². The van der Waals surface area contributed by atoms with E-state index in [4.69, 9.17) is 4.98 Å². The van der Waals surface area contributed by atoms with Crippen molar-refractivity contribution in [1.82, 2.24) is 23.7 Å². The Kier molecular flexibility index (Phi) is 5.94. The first-order chi connectivity index (χ1) is 16.9. The van der Waals surface area contributed by atoms with Crippen LogP contribution >= 0.6 is 0 Å². The Bertz CT molecular complexity index is 1490. The van der Waals surface area contributed by atoms with Crippen LogP contribution in [0.3, 0.4) is 0 Å². The quantitative estimate of drug-likeness (QED) is 0.423. The summed E-state index contributed by atoms with van der Waals surface area (Å²) in [4.78, 5) is 19.7. The van der Waals surface area contributed by atoms with Crippen LogP contribution in [0.2, 0.25) is 0 Å². The highest BCUT2D eigenvalue weighted by Crippen LogP contribution is 2.30. The van der Waals surface area contributed by atoms with Gasteiger partial charge in [-0.05, 0) is 43.4 Å². The lowest BCUT2D eigenvalue weighted by Crippen LogP contribution is -2.33. The van der Waals surface area contributed by atoms with Crippen LogP contribution in [0.4, 0.5) is 17.3 Å². The average Bonchev–Trinajstić information content (AvgIpc) is 3.55. The molecule has 0 bridgehead atoms. The van der Waals surface area contributed by atoms with Crippen molar-refractivity contribution >= 4 is 34.0 Å². The molecule has 0 aliphatic carbocycles. The van der Waals surface area contributed by atoms with Crippen LogP contribution in [-0.2, 0) is 13.6 Å². The molecule has 5 rings (SSSR count). The summed E-state index contributed by atoms with van der Waals surface area (Å²) in [5.74, 6) is 1.84. The molecule has 2 N–H and O–H groups in total. The predicted molar refractivity (Wildman–Crippen MR) is 135 cm³/mol. The van der Waals surface area contributed by atoms with Gasteiger partial charge in [-0.1, -0.05) is 13.8 Å². The number of aliphatic hydroxyl groups is 1. The third-order valence-electron chi connectivity index (χ3n) is 6.81. The molecule has 1 aromatic carbocycles. The van der Waals surface area contributed by atoms with Crippen molar-refractivity contribution in [2.45, 2.75) is 45.7 Å². The second-order valence-corrected chi connectivity index (χ2v) is 9.58. The molecule has 182 valence electrons. The minimum absolute atomic E-state index is 0.00215. The van der Waals surface area contributed by atoms with E-state index in [1.807, 2.05) is 28.8 Å². The summed E-state index contributed by atoms with van der Waals surface area (Å²) in [7, 11) is 1.79. The summed E-state index contributed by atoms with van der Waals surface area (Å²) < 4.78 is 5.12. The first-order valence-corrected chi connectivity index (χ1v) is 12.0. The van der Waals surface area contributed by atoms with Crippen molar-refractivity contribution in [1.29, 1.82) is 5.26 Å². The van der Waals surface area contributed by atoms with E-state index in [1.165, 1.54) is 6.20 Å². The molecule has 4 heterocycles. The van der Waals surface area contributed by atoms with Gasteiger partial charge in [-0.25, -0.2) is 9.78 Å². The Morgan fingerprint density at radius 2 is 2.11 bits per heavy atom. The molecule has 0 saturated carbocycles. The molecule has 10 nitrogen and oxygen atoms in total. The summed E-state index contributed by atoms with van der Waals surface area (Å²) >= 11 is 0. The zero-order valence-electron chi connectivity index (χ0n) is 20.3. The molecule has 0 amide bonds. The molecule has 4 aromatic rings. The normalized spacial score (nSPS) is 16.0. The predicted octanol–water partition coefficient (Wildman–Crippen LogP) is 3.01. The van der Waals surface area contributed by atoms with Gasteiger partial charge in [0.15, 0.2) is 5.65 Å². The van der Waals surface area contributed by atoms with Gasteiger partial charge in [0.1, 0.15) is 23.3 Å². The number of fused-ring (bicyclic) bond motifs is 2. The van der Waals surface area contributed by atoms with Crippen LogP contribution in [0.5, 0.6) is 0 Å². The van der Waals surface area contributed by atoms with E-state index < -0.39 is 0 Å². The van der Waals surface area contributed by atoms with Crippen molar-refractivity contribution in [3.63, 3.8) is 0 Å². The molecule has 10 heteroatoms. The average molecular weight is 475 g/mol. The zero-order valence-corrected chi connectivity index (χ0v) is 20.3. The number of aliphatic hydroxyl groups excluding tert-OH is 1. The lowest BCUT2D eigenvalue weighted by molar-refractivity contribution is 0.266. The van der Waals surface area contributed by atoms with Gasteiger partial charge in [0.25, 0.3) is 0 Å². The maximum absolute atomic E-state index is 12.9. The van der Waals surface area contributed by atoms with Crippen molar-refractivity contribution in [3.8, 4) is 6.07 Å². The smallest absolute Gasteiger partial charge is 0.328 e. The first kappa shape index (κ1) is 22.9. The maximum atomic E-state index is 12.9. The van der Waals surface area contributed by atoms with Gasteiger partial charge in [-0.15, -0.1) is 0 Å². The number of nitrogens with one attached hydrogen (secondary N) is 1. The van der Waals surface area contributed by atoms with Gasteiger partial charge >= 0.3 is 5.69 Å². The van der Waals surface area contributed by atoms with E-state index in [2.05, 4.69) is 35.2 Å². The highest BCUT2D eigenvalue weighted by atomic mass is 16.3. The van der Waals surface area contributed by atoms with Crippen LogP contribution in [0.25, 0.3) is 16.7 Å². The fourth-order valence-corrected chi connectivity index (χ4v) is 4.83. The molecule has 1 atom stereocenters. The van der Waals surface area contributed by atoms with E-state index in [9.17, 15) is 15.2 Å². The number of benzene rings is 1. The van der Waals surface area contributed by atoms with Crippen LogP contribution in [0, 0.1) is 17.2 Å². The highest BCUT2D eigenvalue weighted by Gasteiger charge is 2.26. The van der Waals surface area contributed by atoms with E-state index >= 15 is 0 Å². The Balaban J connectivity index is 1.59. The van der Waals surface area contributed by atoms with Gasteiger partial charge in [-0.2, -0.15) is 14.9 Å². The minimum atomic E-state index is -0.0267. The summed E-state index contributed by atoms with van der Waals surface area (Å²) in [6.07, 6.45) is 4.30. The Morgan fingerprint density at radius 1 is 1.29 bits per heavy atom. The molecule has 0 radical (unpaired) electrons. The third-order valence-corrected chi connectivity index (χ3v) is 6.81. The lowest BCUT2D eigenvalue weighted by atomic mass is 10.1. The standard InChI is InChI=1S/C25H30N8O2/c1-16(2)8-10-32-21-11-18(6-7-20(21)30(3)25(32)35)28-23-12-22(31-9-4-5-19(31)15-34)29-24-17(13-26)14-27-33(23)24/h6-7,11-12,14,16,19,28,34H,4-5,8-10,15H2,1-3H3/t19-/m0/s1. The summed E-state index contributed by atoms with van der Waals surface area (Å²) in [5, 5.41) is 27.2. The monoisotopic (exact) mass is 474 g/mol. The SMILES string of the molecule is CC(C)CCn1c(=O)n(C)c2ccc(Nc3cc(N4CCC[C@H]4CO)nc4c(C#N)cnn34)cc21. The Labute approximate surface area is 203 Å². The van der Waals surface area contributed by atoms with Gasteiger partial charge in [0, 0.05) is 31.9 Å². The van der Waals surface area contributed by atoms with E-state index in [1.54, 1.807) is 16.1 Å². The number of nitrogens with zero attached hydrogens (tertiary/aromatic N) is 7. The molecule has 3 aromatic heterocycles. The van der Waals surface area contributed by atoms with Gasteiger partial charge < -0.3 is 15.3 Å². The van der Waals surface area contributed by atoms with Crippen molar-refractivity contribution in [3.05, 3.63) is 46.5 Å². The molecular weight excluding hydrogens is 444 g/mol. The van der Waals surface area contributed by atoms with Crippen molar-refractivity contribution in [2.24, 2.45) is 13.0 Å². The highest BCUT2D eigenvalue weighted by molar-refractivity contribution is 5.82. The molecule has 1 aliphatic heterocycles. The minimum Gasteiger partial charge on any atom is -0.394 e. The fourth-order valence-electron chi connectivity index (χ4n) is 4.83. The number of rotatable bonds is 7. The molecule has 0 spiro atoms. The lowest BCUT2D eigenvalue weighted by Gasteiger charge is -2.25. The van der Waals surface area contributed by atoms with Crippen LogP contribution in [0.1, 0.15) is 38.7 Å². The van der Waals surface area contributed by atoms with Crippen molar-refractivity contribution < 1.29 is 5.11 Å². The van der Waals surface area contributed by atoms with Gasteiger partial charge in [-0.3, -0.25) is 9.13 Å². The number of anilines is 3. The number of hydrogen-bond acceptors (Lipinski definition) is 7. The first-order valence-electron chi connectivity index (χ1n) is 12.0. The number of hydrogen-bond donors (Lipinski definition) is 2. The van der Waals surface area contributed by atoms with E-state index in [0.717, 1.165) is 42.5 Å². The van der Waals surface area contributed by atoms with Crippen LogP contribution in [0.15, 0.2) is 35.3 Å². The van der Waals surface area contributed by atoms with E-state index in [0.29, 0.717) is 35.3 Å². The largest absolute Gasteiger partial charge is 0.394 e. The van der Waals surface area contributed by atoms with Gasteiger partial charge in [0.2, 0.25) is 0 Å². The molecule has 1 saturated heterocycles. The number of aryl methyl sites for hydroxylation is 2. The summed E-state index contributed by atoms with van der Waals surface area (Å²) in [6.45, 7) is 5.80. The second kappa shape index (κ2) is 9.07. The molecule has 1 fully saturated rings. The molecule has 35 heavy (non-hydrogen) atoms. The summed E-state index contributed by atoms with van der Waals surface area (Å²) in [5.41, 5.74) is 3.36. The Hall–Kier alpha value is -3.84. The topological polar surface area (TPSA) is 116 Å². The molecular formula is C25H30N8O2. The number of aromatic nitrogens is 5. The van der Waals surface area contributed by atoms with Crippen molar-refractivity contribution in [2.75, 3.05) is 23.4 Å². The molecule has 0 unspecified atom stereocenters. The third kappa shape index (κ3) is 4.02. The van der Waals surface area contributed by atoms with E-state index in [-0.39, 0.29) is 18.3 Å². The maximum Gasteiger partial charge on any atom is 0.328 e. The number of imidazole rings is 1. The zero-order chi connectivity index (χ0) is 24.7. The summed E-state index contributed by atoms with van der Waals surface area (Å²) in [6, 6.07) is 9.92. The Morgan fingerprint density at radius 3 is 2.86 bits per heavy atom. The fraction of sp³-hybridized carbons (Fsp3) is 0.440. The second-order valence-electron chi connectivity index (χ2n) is 9.58.